The largest absolute Gasteiger partial charge is 0.465 e. The Balaban J connectivity index is 2.16. The summed E-state index contributed by atoms with van der Waals surface area (Å²) in [6.45, 7) is 1.92. The number of methoxy groups -OCH3 is 1. The SMILES string of the molecule is COC(=O)c1ccc(Oc2ncccc2C)cc1. The number of hydrogen-bond acceptors (Lipinski definition) is 4. The second kappa shape index (κ2) is 5.31. The zero-order chi connectivity index (χ0) is 13.0. The van der Waals surface area contributed by atoms with Crippen LogP contribution in [0.4, 0.5) is 0 Å². The van der Waals surface area contributed by atoms with Crippen molar-refractivity contribution in [3.05, 3.63) is 53.7 Å². The molecule has 0 aliphatic heterocycles. The molecule has 18 heavy (non-hydrogen) atoms. The Morgan fingerprint density at radius 2 is 1.89 bits per heavy atom. The fraction of sp³-hybridized carbons (Fsp3) is 0.143. The lowest BCUT2D eigenvalue weighted by molar-refractivity contribution is 0.0600. The molecule has 0 aliphatic carbocycles. The molecule has 0 saturated heterocycles. The second-order valence-electron chi connectivity index (χ2n) is 3.74. The van der Waals surface area contributed by atoms with Gasteiger partial charge in [-0.25, -0.2) is 9.78 Å². The number of carbonyl (C=O) groups excluding carboxylic acids is 1. The van der Waals surface area contributed by atoms with Crippen LogP contribution in [0, 0.1) is 6.92 Å². The highest BCUT2D eigenvalue weighted by Gasteiger charge is 2.06. The highest BCUT2D eigenvalue weighted by Crippen LogP contribution is 2.22. The maximum atomic E-state index is 11.3. The number of carbonyl (C=O) groups is 1. The number of hydrogen-bond donors (Lipinski definition) is 0. The van der Waals surface area contributed by atoms with E-state index in [9.17, 15) is 4.79 Å². The maximum absolute atomic E-state index is 11.3. The lowest BCUT2D eigenvalue weighted by Gasteiger charge is -2.07. The predicted molar refractivity (Wildman–Crippen MR) is 66.8 cm³/mol. The van der Waals surface area contributed by atoms with Gasteiger partial charge in [-0.1, -0.05) is 6.07 Å². The van der Waals surface area contributed by atoms with Crippen molar-refractivity contribution < 1.29 is 14.3 Å². The molecular weight excluding hydrogens is 230 g/mol. The van der Waals surface area contributed by atoms with Gasteiger partial charge in [-0.3, -0.25) is 0 Å². The molecule has 1 aromatic heterocycles. The first-order valence-corrected chi connectivity index (χ1v) is 5.48. The van der Waals surface area contributed by atoms with Crippen molar-refractivity contribution in [2.45, 2.75) is 6.92 Å². The maximum Gasteiger partial charge on any atom is 0.337 e. The summed E-state index contributed by atoms with van der Waals surface area (Å²) in [6, 6.07) is 10.5. The molecule has 2 aromatic rings. The molecule has 92 valence electrons. The second-order valence-corrected chi connectivity index (χ2v) is 3.74. The minimum absolute atomic E-state index is 0.365. The molecule has 0 aliphatic rings. The van der Waals surface area contributed by atoms with Crippen LogP contribution in [0.5, 0.6) is 11.6 Å². The molecule has 0 amide bonds. The molecule has 0 N–H and O–H groups in total. The smallest absolute Gasteiger partial charge is 0.337 e. The topological polar surface area (TPSA) is 48.4 Å². The highest BCUT2D eigenvalue weighted by atomic mass is 16.5. The van der Waals surface area contributed by atoms with Gasteiger partial charge >= 0.3 is 5.97 Å². The number of nitrogens with zero attached hydrogens (tertiary/aromatic N) is 1. The molecule has 0 unspecified atom stereocenters. The van der Waals surface area contributed by atoms with Crippen LogP contribution in [-0.4, -0.2) is 18.1 Å². The third-order valence-corrected chi connectivity index (χ3v) is 2.45. The van der Waals surface area contributed by atoms with Gasteiger partial charge < -0.3 is 9.47 Å². The summed E-state index contributed by atoms with van der Waals surface area (Å²) in [5.74, 6) is 0.823. The molecule has 0 fully saturated rings. The van der Waals surface area contributed by atoms with Crippen molar-refractivity contribution in [3.8, 4) is 11.6 Å². The van der Waals surface area contributed by atoms with Gasteiger partial charge in [0.1, 0.15) is 5.75 Å². The van der Waals surface area contributed by atoms with Gasteiger partial charge in [0.05, 0.1) is 12.7 Å². The van der Waals surface area contributed by atoms with E-state index >= 15 is 0 Å². The molecule has 0 atom stereocenters. The fourth-order valence-electron chi connectivity index (χ4n) is 1.47. The first-order valence-electron chi connectivity index (χ1n) is 5.48. The summed E-state index contributed by atoms with van der Waals surface area (Å²) >= 11 is 0. The summed E-state index contributed by atoms with van der Waals surface area (Å²) in [7, 11) is 1.35. The van der Waals surface area contributed by atoms with E-state index in [1.807, 2.05) is 19.1 Å². The summed E-state index contributed by atoms with van der Waals surface area (Å²) in [6.07, 6.45) is 1.67. The van der Waals surface area contributed by atoms with Crippen LogP contribution in [0.1, 0.15) is 15.9 Å². The van der Waals surface area contributed by atoms with Gasteiger partial charge in [0.2, 0.25) is 5.88 Å². The van der Waals surface area contributed by atoms with Crippen molar-refractivity contribution in [2.24, 2.45) is 0 Å². The van der Waals surface area contributed by atoms with E-state index in [-0.39, 0.29) is 5.97 Å². The molecule has 0 spiro atoms. The predicted octanol–water partition coefficient (Wildman–Crippen LogP) is 2.97. The van der Waals surface area contributed by atoms with Crippen molar-refractivity contribution in [1.82, 2.24) is 4.98 Å². The van der Waals surface area contributed by atoms with Crippen LogP contribution >= 0.6 is 0 Å². The van der Waals surface area contributed by atoms with Crippen LogP contribution in [0.2, 0.25) is 0 Å². The molecule has 0 saturated carbocycles. The number of esters is 1. The van der Waals surface area contributed by atoms with Crippen LogP contribution < -0.4 is 4.74 Å². The Morgan fingerprint density at radius 1 is 1.17 bits per heavy atom. The average Bonchev–Trinajstić information content (AvgIpc) is 2.41. The molecule has 0 bridgehead atoms. The van der Waals surface area contributed by atoms with Crippen molar-refractivity contribution in [2.75, 3.05) is 7.11 Å². The normalized spacial score (nSPS) is 9.89. The van der Waals surface area contributed by atoms with Gasteiger partial charge in [0.15, 0.2) is 0 Å². The van der Waals surface area contributed by atoms with Crippen LogP contribution in [-0.2, 0) is 4.74 Å². The van der Waals surface area contributed by atoms with Gasteiger partial charge in [-0.2, -0.15) is 0 Å². The van der Waals surface area contributed by atoms with E-state index in [4.69, 9.17) is 4.74 Å². The fourth-order valence-corrected chi connectivity index (χ4v) is 1.47. The zero-order valence-electron chi connectivity index (χ0n) is 10.2. The minimum atomic E-state index is -0.365. The van der Waals surface area contributed by atoms with E-state index < -0.39 is 0 Å². The molecule has 0 radical (unpaired) electrons. The number of ether oxygens (including phenoxy) is 2. The summed E-state index contributed by atoms with van der Waals surface area (Å²) in [4.78, 5) is 15.4. The minimum Gasteiger partial charge on any atom is -0.465 e. The highest BCUT2D eigenvalue weighted by molar-refractivity contribution is 5.89. The van der Waals surface area contributed by atoms with Crippen LogP contribution in [0.25, 0.3) is 0 Å². The van der Waals surface area contributed by atoms with Crippen molar-refractivity contribution in [1.29, 1.82) is 0 Å². The van der Waals surface area contributed by atoms with Crippen LogP contribution in [0.3, 0.4) is 0 Å². The summed E-state index contributed by atoms with van der Waals surface area (Å²) in [5, 5.41) is 0. The number of aromatic nitrogens is 1. The number of aryl methyl sites for hydroxylation is 1. The molecule has 1 heterocycles. The Labute approximate surface area is 105 Å². The Morgan fingerprint density at radius 3 is 2.50 bits per heavy atom. The average molecular weight is 243 g/mol. The molecular formula is C14H13NO3. The third-order valence-electron chi connectivity index (χ3n) is 2.45. The standard InChI is InChI=1S/C14H13NO3/c1-10-4-3-9-15-13(10)18-12-7-5-11(6-8-12)14(16)17-2/h3-9H,1-2H3. The lowest BCUT2D eigenvalue weighted by Crippen LogP contribution is -2.00. The molecule has 4 heteroatoms. The number of pyridine rings is 1. The van der Waals surface area contributed by atoms with Crippen LogP contribution in [0.15, 0.2) is 42.6 Å². The zero-order valence-corrected chi connectivity index (χ0v) is 10.2. The quantitative estimate of drug-likeness (QED) is 0.777. The third kappa shape index (κ3) is 2.66. The summed E-state index contributed by atoms with van der Waals surface area (Å²) < 4.78 is 10.2. The van der Waals surface area contributed by atoms with Crippen molar-refractivity contribution in [3.63, 3.8) is 0 Å². The monoisotopic (exact) mass is 243 g/mol. The first kappa shape index (κ1) is 12.1. The van der Waals surface area contributed by atoms with E-state index in [0.29, 0.717) is 17.2 Å². The first-order chi connectivity index (χ1) is 8.70. The van der Waals surface area contributed by atoms with Gasteiger partial charge in [-0.05, 0) is 37.3 Å². The Bertz CT molecular complexity index is 549. The Hall–Kier alpha value is -2.36. The van der Waals surface area contributed by atoms with E-state index in [1.165, 1.54) is 7.11 Å². The molecule has 2 rings (SSSR count). The van der Waals surface area contributed by atoms with E-state index in [1.54, 1.807) is 30.5 Å². The van der Waals surface area contributed by atoms with Gasteiger partial charge in [0, 0.05) is 11.8 Å². The summed E-state index contributed by atoms with van der Waals surface area (Å²) in [5.41, 5.74) is 1.44. The molecule has 4 nitrogen and oxygen atoms in total. The van der Waals surface area contributed by atoms with E-state index in [2.05, 4.69) is 9.72 Å². The molecule has 1 aromatic carbocycles. The Kier molecular flexibility index (Phi) is 3.57. The lowest BCUT2D eigenvalue weighted by atomic mass is 10.2. The van der Waals surface area contributed by atoms with Crippen molar-refractivity contribution >= 4 is 5.97 Å². The number of benzene rings is 1. The van der Waals surface area contributed by atoms with Gasteiger partial charge in [-0.15, -0.1) is 0 Å². The van der Waals surface area contributed by atoms with Gasteiger partial charge in [0.25, 0.3) is 0 Å². The van der Waals surface area contributed by atoms with E-state index in [0.717, 1.165) is 5.56 Å². The number of rotatable bonds is 3.